The van der Waals surface area contributed by atoms with Gasteiger partial charge < -0.3 is 24.1 Å². The molecular formula is C26H24N4O6. The SMILES string of the molecule is COc1ccc(-c2nn(-c3ccccc3)cc2/C=C/C(=O)OCC(=O)Nc2cc(C)on2)cc1OC. The monoisotopic (exact) mass is 488 g/mol. The second-order valence-corrected chi connectivity index (χ2v) is 7.59. The molecule has 0 saturated carbocycles. The Morgan fingerprint density at radius 1 is 1.06 bits per heavy atom. The number of anilines is 1. The number of nitrogens with zero attached hydrogens (tertiary/aromatic N) is 3. The number of carbonyl (C=O) groups excluding carboxylic acids is 2. The van der Waals surface area contributed by atoms with Crippen molar-refractivity contribution in [1.82, 2.24) is 14.9 Å². The molecule has 10 nitrogen and oxygen atoms in total. The van der Waals surface area contributed by atoms with Crippen LogP contribution in [0.1, 0.15) is 11.3 Å². The van der Waals surface area contributed by atoms with Crippen molar-refractivity contribution in [2.45, 2.75) is 6.92 Å². The van der Waals surface area contributed by atoms with E-state index in [1.54, 1.807) is 50.2 Å². The number of esters is 1. The van der Waals surface area contributed by atoms with Crippen molar-refractivity contribution in [3.8, 4) is 28.4 Å². The number of para-hydroxylation sites is 1. The highest BCUT2D eigenvalue weighted by Crippen LogP contribution is 2.33. The van der Waals surface area contributed by atoms with Gasteiger partial charge in [-0.25, -0.2) is 9.48 Å². The maximum atomic E-state index is 12.3. The van der Waals surface area contributed by atoms with Crippen molar-refractivity contribution in [3.63, 3.8) is 0 Å². The van der Waals surface area contributed by atoms with Gasteiger partial charge in [-0.15, -0.1) is 0 Å². The van der Waals surface area contributed by atoms with Gasteiger partial charge in [0.15, 0.2) is 23.9 Å². The molecule has 0 saturated heterocycles. The average molecular weight is 489 g/mol. The summed E-state index contributed by atoms with van der Waals surface area (Å²) in [5.74, 6) is 0.707. The van der Waals surface area contributed by atoms with Crippen LogP contribution in [-0.2, 0) is 14.3 Å². The third-order valence-corrected chi connectivity index (χ3v) is 5.06. The van der Waals surface area contributed by atoms with Gasteiger partial charge in [0.25, 0.3) is 5.91 Å². The summed E-state index contributed by atoms with van der Waals surface area (Å²) in [4.78, 5) is 24.3. The van der Waals surface area contributed by atoms with E-state index in [9.17, 15) is 9.59 Å². The predicted molar refractivity (Wildman–Crippen MR) is 132 cm³/mol. The van der Waals surface area contributed by atoms with Gasteiger partial charge in [0.05, 0.1) is 19.9 Å². The van der Waals surface area contributed by atoms with Gasteiger partial charge in [-0.05, 0) is 43.3 Å². The van der Waals surface area contributed by atoms with Gasteiger partial charge in [0.1, 0.15) is 11.5 Å². The van der Waals surface area contributed by atoms with Gasteiger partial charge in [-0.1, -0.05) is 23.4 Å². The first-order chi connectivity index (χ1) is 17.5. The second kappa shape index (κ2) is 11.0. The largest absolute Gasteiger partial charge is 0.493 e. The fraction of sp³-hybridized carbons (Fsp3) is 0.154. The summed E-state index contributed by atoms with van der Waals surface area (Å²) < 4.78 is 22.4. The number of carbonyl (C=O) groups is 2. The normalized spacial score (nSPS) is 10.9. The standard InChI is InChI=1S/C26H24N4O6/c1-17-13-23(29-36-17)27-24(31)16-35-25(32)12-10-19-15-30(20-7-5-4-6-8-20)28-26(19)18-9-11-21(33-2)22(14-18)34-3/h4-15H,16H2,1-3H3,(H,27,29,31)/b12-10+. The lowest BCUT2D eigenvalue weighted by atomic mass is 10.1. The summed E-state index contributed by atoms with van der Waals surface area (Å²) in [6.45, 7) is 1.23. The molecule has 0 spiro atoms. The lowest BCUT2D eigenvalue weighted by Gasteiger charge is -2.09. The van der Waals surface area contributed by atoms with E-state index in [2.05, 4.69) is 10.5 Å². The highest BCUT2D eigenvalue weighted by molar-refractivity contribution is 5.94. The number of aryl methyl sites for hydroxylation is 1. The van der Waals surface area contributed by atoms with E-state index in [0.29, 0.717) is 28.5 Å². The van der Waals surface area contributed by atoms with Crippen LogP contribution in [-0.4, -0.2) is 47.6 Å². The fourth-order valence-electron chi connectivity index (χ4n) is 3.38. The zero-order valence-electron chi connectivity index (χ0n) is 19.9. The first kappa shape index (κ1) is 24.3. The maximum absolute atomic E-state index is 12.3. The number of rotatable bonds is 9. The number of hydrogen-bond donors (Lipinski definition) is 1. The minimum Gasteiger partial charge on any atom is -0.493 e. The van der Waals surface area contributed by atoms with Crippen molar-refractivity contribution in [2.75, 3.05) is 26.1 Å². The van der Waals surface area contributed by atoms with E-state index in [-0.39, 0.29) is 5.82 Å². The molecule has 2 aromatic heterocycles. The minimum absolute atomic E-state index is 0.247. The molecule has 0 fully saturated rings. The van der Waals surface area contributed by atoms with Gasteiger partial charge in [-0.2, -0.15) is 5.10 Å². The third kappa shape index (κ3) is 5.79. The van der Waals surface area contributed by atoms with Crippen molar-refractivity contribution in [2.24, 2.45) is 0 Å². The summed E-state index contributed by atoms with van der Waals surface area (Å²) in [6.07, 6.45) is 4.62. The number of nitrogens with one attached hydrogen (secondary N) is 1. The Morgan fingerprint density at radius 3 is 2.53 bits per heavy atom. The van der Waals surface area contributed by atoms with Crippen LogP contribution in [0, 0.1) is 6.92 Å². The Hall–Kier alpha value is -4.86. The fourth-order valence-corrected chi connectivity index (χ4v) is 3.38. The molecule has 184 valence electrons. The topological polar surface area (TPSA) is 118 Å². The number of amides is 1. The Kier molecular flexibility index (Phi) is 7.45. The van der Waals surface area contributed by atoms with Crippen LogP contribution >= 0.6 is 0 Å². The molecule has 36 heavy (non-hydrogen) atoms. The molecule has 0 radical (unpaired) electrons. The van der Waals surface area contributed by atoms with Crippen molar-refractivity contribution in [1.29, 1.82) is 0 Å². The van der Waals surface area contributed by atoms with Crippen LogP contribution in [0.3, 0.4) is 0 Å². The molecule has 0 bridgehead atoms. The summed E-state index contributed by atoms with van der Waals surface area (Å²) in [7, 11) is 3.12. The number of aromatic nitrogens is 3. The molecule has 4 rings (SSSR count). The predicted octanol–water partition coefficient (Wildman–Crippen LogP) is 4.05. The van der Waals surface area contributed by atoms with Gasteiger partial charge >= 0.3 is 5.97 Å². The van der Waals surface area contributed by atoms with E-state index in [0.717, 1.165) is 11.3 Å². The molecule has 0 aliphatic rings. The minimum atomic E-state index is -0.688. The van der Waals surface area contributed by atoms with Crippen LogP contribution in [0.4, 0.5) is 5.82 Å². The molecule has 1 amide bonds. The molecular weight excluding hydrogens is 464 g/mol. The molecule has 0 atom stereocenters. The van der Waals surface area contributed by atoms with Crippen LogP contribution in [0.25, 0.3) is 23.0 Å². The number of ether oxygens (including phenoxy) is 3. The number of hydrogen-bond acceptors (Lipinski definition) is 8. The third-order valence-electron chi connectivity index (χ3n) is 5.06. The summed E-state index contributed by atoms with van der Waals surface area (Å²) in [5.41, 5.74) is 2.88. The van der Waals surface area contributed by atoms with E-state index < -0.39 is 18.5 Å². The first-order valence-corrected chi connectivity index (χ1v) is 10.9. The lowest BCUT2D eigenvalue weighted by molar-refractivity contribution is -0.142. The van der Waals surface area contributed by atoms with E-state index >= 15 is 0 Å². The molecule has 1 N–H and O–H groups in total. The Labute approximate surface area is 207 Å². The van der Waals surface area contributed by atoms with Gasteiger partial charge in [0.2, 0.25) is 0 Å². The van der Waals surface area contributed by atoms with Crippen LogP contribution in [0.15, 0.2) is 71.4 Å². The smallest absolute Gasteiger partial charge is 0.331 e. The molecule has 0 aliphatic carbocycles. The van der Waals surface area contributed by atoms with Crippen LogP contribution in [0.5, 0.6) is 11.5 Å². The molecule has 4 aromatic rings. The number of benzene rings is 2. The molecule has 2 aromatic carbocycles. The first-order valence-electron chi connectivity index (χ1n) is 10.9. The Balaban J connectivity index is 1.54. The van der Waals surface area contributed by atoms with Crippen LogP contribution in [0.2, 0.25) is 0 Å². The second-order valence-electron chi connectivity index (χ2n) is 7.59. The highest BCUT2D eigenvalue weighted by atomic mass is 16.5. The van der Waals surface area contributed by atoms with Crippen molar-refractivity contribution >= 4 is 23.8 Å². The maximum Gasteiger partial charge on any atom is 0.331 e. The van der Waals surface area contributed by atoms with E-state index in [1.807, 2.05) is 42.5 Å². The Bertz CT molecular complexity index is 1390. The highest BCUT2D eigenvalue weighted by Gasteiger charge is 2.14. The molecule has 2 heterocycles. The number of methoxy groups -OCH3 is 2. The van der Waals surface area contributed by atoms with Crippen LogP contribution < -0.4 is 14.8 Å². The zero-order valence-corrected chi connectivity index (χ0v) is 19.9. The van der Waals surface area contributed by atoms with Gasteiger partial charge in [-0.3, -0.25) is 4.79 Å². The molecule has 10 heteroatoms. The zero-order chi connectivity index (χ0) is 25.5. The van der Waals surface area contributed by atoms with E-state index in [4.69, 9.17) is 23.8 Å². The molecule has 0 unspecified atom stereocenters. The van der Waals surface area contributed by atoms with Gasteiger partial charge in [0, 0.05) is 29.5 Å². The average Bonchev–Trinajstić information content (AvgIpc) is 3.52. The Morgan fingerprint density at radius 2 is 1.83 bits per heavy atom. The summed E-state index contributed by atoms with van der Waals surface area (Å²) in [6, 6.07) is 16.6. The van der Waals surface area contributed by atoms with Crippen molar-refractivity contribution in [3.05, 3.63) is 78.2 Å². The lowest BCUT2D eigenvalue weighted by Crippen LogP contribution is -2.20. The molecule has 0 aliphatic heterocycles. The van der Waals surface area contributed by atoms with Crippen molar-refractivity contribution < 1.29 is 28.3 Å². The quantitative estimate of drug-likeness (QED) is 0.277. The van der Waals surface area contributed by atoms with E-state index in [1.165, 1.54) is 6.08 Å². The summed E-state index contributed by atoms with van der Waals surface area (Å²) in [5, 5.41) is 10.9. The summed E-state index contributed by atoms with van der Waals surface area (Å²) >= 11 is 0.